The molecule has 106 valence electrons. The van der Waals surface area contributed by atoms with Crippen LogP contribution in [-0.4, -0.2) is 33.5 Å². The molecule has 0 atom stereocenters. The van der Waals surface area contributed by atoms with E-state index in [0.717, 1.165) is 31.4 Å². The van der Waals surface area contributed by atoms with Crippen molar-refractivity contribution < 1.29 is 4.79 Å². The highest BCUT2D eigenvalue weighted by atomic mass is 16.2. The van der Waals surface area contributed by atoms with Gasteiger partial charge in [-0.05, 0) is 32.2 Å². The average molecular weight is 265 g/mol. The van der Waals surface area contributed by atoms with Crippen molar-refractivity contribution in [3.05, 3.63) is 11.9 Å². The zero-order chi connectivity index (χ0) is 13.5. The number of rotatable bonds is 6. The quantitative estimate of drug-likeness (QED) is 0.789. The summed E-state index contributed by atoms with van der Waals surface area (Å²) in [5.74, 6) is 0.0298. The normalized spacial score (nSPS) is 16.5. The Bertz CT molecular complexity index is 397. The SMILES string of the molecule is NCCCc1cn(CC(=O)NC2CCCCC2)nn1. The van der Waals surface area contributed by atoms with Gasteiger partial charge in [0.2, 0.25) is 5.91 Å². The largest absolute Gasteiger partial charge is 0.352 e. The molecule has 6 nitrogen and oxygen atoms in total. The van der Waals surface area contributed by atoms with E-state index in [2.05, 4.69) is 15.6 Å². The number of aryl methyl sites for hydroxylation is 1. The van der Waals surface area contributed by atoms with Gasteiger partial charge in [0.15, 0.2) is 0 Å². The minimum atomic E-state index is 0.0298. The fourth-order valence-electron chi connectivity index (χ4n) is 2.48. The van der Waals surface area contributed by atoms with Crippen LogP contribution >= 0.6 is 0 Å². The zero-order valence-electron chi connectivity index (χ0n) is 11.3. The van der Waals surface area contributed by atoms with E-state index in [1.54, 1.807) is 4.68 Å². The minimum absolute atomic E-state index is 0.0298. The van der Waals surface area contributed by atoms with Crippen molar-refractivity contribution in [1.82, 2.24) is 20.3 Å². The minimum Gasteiger partial charge on any atom is -0.352 e. The standard InChI is InChI=1S/C13H23N5O/c14-8-4-7-12-9-18(17-16-12)10-13(19)15-11-5-2-1-3-6-11/h9,11H,1-8,10,14H2,(H,15,19). The van der Waals surface area contributed by atoms with E-state index in [0.29, 0.717) is 12.6 Å². The summed E-state index contributed by atoms with van der Waals surface area (Å²) in [6.45, 7) is 0.904. The molecule has 0 saturated heterocycles. The van der Waals surface area contributed by atoms with E-state index in [9.17, 15) is 4.79 Å². The molecule has 1 aromatic heterocycles. The Morgan fingerprint density at radius 1 is 1.42 bits per heavy atom. The van der Waals surface area contributed by atoms with Gasteiger partial charge in [0.1, 0.15) is 6.54 Å². The zero-order valence-corrected chi connectivity index (χ0v) is 11.3. The second-order valence-corrected chi connectivity index (χ2v) is 5.20. The molecule has 3 N–H and O–H groups in total. The Hall–Kier alpha value is -1.43. The Morgan fingerprint density at radius 2 is 2.21 bits per heavy atom. The van der Waals surface area contributed by atoms with Gasteiger partial charge in [-0.1, -0.05) is 24.5 Å². The summed E-state index contributed by atoms with van der Waals surface area (Å²) in [5.41, 5.74) is 6.35. The maximum Gasteiger partial charge on any atom is 0.242 e. The number of nitrogens with zero attached hydrogens (tertiary/aromatic N) is 3. The predicted molar refractivity (Wildman–Crippen MR) is 72.4 cm³/mol. The Kier molecular flexibility index (Phi) is 5.32. The predicted octanol–water partition coefficient (Wildman–Crippen LogP) is 0.618. The summed E-state index contributed by atoms with van der Waals surface area (Å²) in [7, 11) is 0. The molecule has 6 heteroatoms. The highest BCUT2D eigenvalue weighted by molar-refractivity contribution is 5.75. The van der Waals surface area contributed by atoms with Crippen LogP contribution in [-0.2, 0) is 17.8 Å². The molecule has 0 unspecified atom stereocenters. The van der Waals surface area contributed by atoms with Gasteiger partial charge in [-0.2, -0.15) is 0 Å². The fourth-order valence-corrected chi connectivity index (χ4v) is 2.48. The molecule has 1 aromatic rings. The number of carbonyl (C=O) groups is 1. The van der Waals surface area contributed by atoms with Gasteiger partial charge >= 0.3 is 0 Å². The van der Waals surface area contributed by atoms with Crippen molar-refractivity contribution in [2.24, 2.45) is 5.73 Å². The van der Waals surface area contributed by atoms with Gasteiger partial charge in [0, 0.05) is 12.2 Å². The van der Waals surface area contributed by atoms with Crippen LogP contribution in [0.5, 0.6) is 0 Å². The second kappa shape index (κ2) is 7.23. The monoisotopic (exact) mass is 265 g/mol. The lowest BCUT2D eigenvalue weighted by Crippen LogP contribution is -2.38. The van der Waals surface area contributed by atoms with E-state index >= 15 is 0 Å². The molecule has 1 amide bonds. The number of amides is 1. The molecule has 19 heavy (non-hydrogen) atoms. The molecular weight excluding hydrogens is 242 g/mol. The topological polar surface area (TPSA) is 85.8 Å². The van der Waals surface area contributed by atoms with Crippen LogP contribution in [0.4, 0.5) is 0 Å². The van der Waals surface area contributed by atoms with Crippen LogP contribution in [0.15, 0.2) is 6.20 Å². The molecular formula is C13H23N5O. The third-order valence-electron chi connectivity index (χ3n) is 3.50. The molecule has 1 heterocycles. The summed E-state index contributed by atoms with van der Waals surface area (Å²) in [4.78, 5) is 11.9. The Labute approximate surface area is 113 Å². The van der Waals surface area contributed by atoms with Crippen LogP contribution in [0.3, 0.4) is 0 Å². The molecule has 1 fully saturated rings. The number of hydrogen-bond donors (Lipinski definition) is 2. The lowest BCUT2D eigenvalue weighted by molar-refractivity contribution is -0.122. The summed E-state index contributed by atoms with van der Waals surface area (Å²) in [5, 5.41) is 11.1. The van der Waals surface area contributed by atoms with Crippen molar-refractivity contribution in [1.29, 1.82) is 0 Å². The maximum atomic E-state index is 11.9. The van der Waals surface area contributed by atoms with Gasteiger partial charge in [-0.3, -0.25) is 4.79 Å². The van der Waals surface area contributed by atoms with Gasteiger partial charge in [0.25, 0.3) is 0 Å². The van der Waals surface area contributed by atoms with Gasteiger partial charge in [0.05, 0.1) is 5.69 Å². The van der Waals surface area contributed by atoms with Gasteiger partial charge in [-0.25, -0.2) is 4.68 Å². The maximum absolute atomic E-state index is 11.9. The van der Waals surface area contributed by atoms with Crippen LogP contribution in [0.25, 0.3) is 0 Å². The number of carbonyl (C=O) groups excluding carboxylic acids is 1. The van der Waals surface area contributed by atoms with Crippen molar-refractivity contribution in [3.63, 3.8) is 0 Å². The molecule has 0 aromatic carbocycles. The van der Waals surface area contributed by atoms with Crippen LogP contribution in [0, 0.1) is 0 Å². The first kappa shape index (κ1) is 14.0. The lowest BCUT2D eigenvalue weighted by Gasteiger charge is -2.22. The van der Waals surface area contributed by atoms with Crippen LogP contribution in [0.1, 0.15) is 44.2 Å². The molecule has 1 aliphatic rings. The first-order chi connectivity index (χ1) is 9.28. The Morgan fingerprint density at radius 3 is 2.95 bits per heavy atom. The van der Waals surface area contributed by atoms with E-state index in [1.165, 1.54) is 19.3 Å². The summed E-state index contributed by atoms with van der Waals surface area (Å²) in [6, 6.07) is 0.349. The van der Waals surface area contributed by atoms with E-state index in [-0.39, 0.29) is 12.5 Å². The summed E-state index contributed by atoms with van der Waals surface area (Å²) < 4.78 is 1.60. The molecule has 0 spiro atoms. The Balaban J connectivity index is 1.76. The van der Waals surface area contributed by atoms with Gasteiger partial charge < -0.3 is 11.1 Å². The van der Waals surface area contributed by atoms with E-state index in [1.807, 2.05) is 6.20 Å². The summed E-state index contributed by atoms with van der Waals surface area (Å²) >= 11 is 0. The third-order valence-corrected chi connectivity index (χ3v) is 3.50. The van der Waals surface area contributed by atoms with E-state index < -0.39 is 0 Å². The van der Waals surface area contributed by atoms with Crippen molar-refractivity contribution in [3.8, 4) is 0 Å². The average Bonchev–Trinajstić information content (AvgIpc) is 2.85. The number of nitrogens with one attached hydrogen (secondary N) is 1. The smallest absolute Gasteiger partial charge is 0.242 e. The van der Waals surface area contributed by atoms with Crippen molar-refractivity contribution in [2.75, 3.05) is 6.54 Å². The first-order valence-electron chi connectivity index (χ1n) is 7.16. The van der Waals surface area contributed by atoms with Crippen LogP contribution < -0.4 is 11.1 Å². The number of aromatic nitrogens is 3. The van der Waals surface area contributed by atoms with Crippen molar-refractivity contribution in [2.45, 2.75) is 57.5 Å². The molecule has 0 aliphatic heterocycles. The second-order valence-electron chi connectivity index (χ2n) is 5.20. The van der Waals surface area contributed by atoms with Crippen LogP contribution in [0.2, 0.25) is 0 Å². The lowest BCUT2D eigenvalue weighted by atomic mass is 9.95. The fraction of sp³-hybridized carbons (Fsp3) is 0.769. The van der Waals surface area contributed by atoms with E-state index in [4.69, 9.17) is 5.73 Å². The first-order valence-corrected chi connectivity index (χ1v) is 7.16. The molecule has 1 saturated carbocycles. The summed E-state index contributed by atoms with van der Waals surface area (Å²) in [6.07, 6.45) is 9.48. The van der Waals surface area contributed by atoms with Gasteiger partial charge in [-0.15, -0.1) is 5.10 Å². The third kappa shape index (κ3) is 4.63. The molecule has 0 bridgehead atoms. The molecule has 0 radical (unpaired) electrons. The number of nitrogens with two attached hydrogens (primary N) is 1. The highest BCUT2D eigenvalue weighted by Gasteiger charge is 2.16. The molecule has 1 aliphatic carbocycles. The molecule has 2 rings (SSSR count). The number of hydrogen-bond acceptors (Lipinski definition) is 4. The van der Waals surface area contributed by atoms with Crippen molar-refractivity contribution >= 4 is 5.91 Å². The highest BCUT2D eigenvalue weighted by Crippen LogP contribution is 2.17.